The number of benzene rings is 2. The zero-order valence-electron chi connectivity index (χ0n) is 15.7. The van der Waals surface area contributed by atoms with Crippen molar-refractivity contribution in [1.82, 2.24) is 9.88 Å². The van der Waals surface area contributed by atoms with Gasteiger partial charge >= 0.3 is 6.03 Å². The number of hydrogen-bond donors (Lipinski definition) is 1. The Bertz CT molecular complexity index is 1010. The summed E-state index contributed by atoms with van der Waals surface area (Å²) in [4.78, 5) is 21.4. The lowest BCUT2D eigenvalue weighted by molar-refractivity contribution is 0.208. The molecule has 28 heavy (non-hydrogen) atoms. The molecule has 146 valence electrons. The van der Waals surface area contributed by atoms with Crippen LogP contribution in [0.1, 0.15) is 5.56 Å². The molecule has 2 amide bonds. The Hall–Kier alpha value is -2.51. The molecule has 1 aliphatic rings. The van der Waals surface area contributed by atoms with Crippen LogP contribution >= 0.6 is 22.9 Å². The van der Waals surface area contributed by atoms with Gasteiger partial charge in [-0.15, -0.1) is 0 Å². The minimum absolute atomic E-state index is 0.108. The molecular weight excluding hydrogens is 396 g/mol. The van der Waals surface area contributed by atoms with Crippen LogP contribution in [0.5, 0.6) is 5.75 Å². The molecule has 0 bridgehead atoms. The van der Waals surface area contributed by atoms with Gasteiger partial charge in [0.05, 0.1) is 11.8 Å². The number of fused-ring (bicyclic) bond motifs is 1. The number of piperazine rings is 1. The Morgan fingerprint density at radius 1 is 1.21 bits per heavy atom. The van der Waals surface area contributed by atoms with Crippen LogP contribution in [0.15, 0.2) is 36.4 Å². The van der Waals surface area contributed by atoms with E-state index in [1.165, 1.54) is 5.56 Å². The lowest BCUT2D eigenvalue weighted by Gasteiger charge is -2.34. The van der Waals surface area contributed by atoms with Crippen molar-refractivity contribution >= 4 is 50.0 Å². The van der Waals surface area contributed by atoms with Crippen LogP contribution in [0.2, 0.25) is 5.02 Å². The SMILES string of the molecule is COc1ccc(C)c2sc(N3CCN(C(=O)Nc4cccc(Cl)c4)CC3)nc12. The van der Waals surface area contributed by atoms with Gasteiger partial charge < -0.3 is 19.9 Å². The van der Waals surface area contributed by atoms with Gasteiger partial charge in [0.1, 0.15) is 11.3 Å². The zero-order chi connectivity index (χ0) is 19.7. The fraction of sp³-hybridized carbons (Fsp3) is 0.300. The highest BCUT2D eigenvalue weighted by Gasteiger charge is 2.24. The van der Waals surface area contributed by atoms with Crippen molar-refractivity contribution < 1.29 is 9.53 Å². The molecular formula is C20H21ClN4O2S. The van der Waals surface area contributed by atoms with Gasteiger partial charge in [-0.2, -0.15) is 0 Å². The molecule has 0 atom stereocenters. The highest BCUT2D eigenvalue weighted by Crippen LogP contribution is 2.36. The van der Waals surface area contributed by atoms with Crippen LogP contribution in [-0.2, 0) is 0 Å². The van der Waals surface area contributed by atoms with Gasteiger partial charge in [-0.3, -0.25) is 0 Å². The van der Waals surface area contributed by atoms with E-state index in [1.807, 2.05) is 23.1 Å². The smallest absolute Gasteiger partial charge is 0.321 e. The van der Waals surface area contributed by atoms with E-state index >= 15 is 0 Å². The Morgan fingerprint density at radius 2 is 2.00 bits per heavy atom. The monoisotopic (exact) mass is 416 g/mol. The molecule has 3 aromatic rings. The number of nitrogens with zero attached hydrogens (tertiary/aromatic N) is 3. The first-order valence-corrected chi connectivity index (χ1v) is 10.2. The van der Waals surface area contributed by atoms with Crippen LogP contribution in [0.3, 0.4) is 0 Å². The van der Waals surface area contributed by atoms with Crippen LogP contribution in [-0.4, -0.2) is 49.2 Å². The van der Waals surface area contributed by atoms with Crippen LogP contribution < -0.4 is 15.0 Å². The number of urea groups is 1. The van der Waals surface area contributed by atoms with Gasteiger partial charge in [-0.25, -0.2) is 9.78 Å². The second kappa shape index (κ2) is 7.85. The first-order chi connectivity index (χ1) is 13.5. The number of amides is 2. The molecule has 2 heterocycles. The molecule has 0 aliphatic carbocycles. The number of carbonyl (C=O) groups is 1. The number of carbonyl (C=O) groups excluding carboxylic acids is 1. The Balaban J connectivity index is 1.43. The van der Waals surface area contributed by atoms with E-state index < -0.39 is 0 Å². The summed E-state index contributed by atoms with van der Waals surface area (Å²) >= 11 is 7.66. The normalized spacial score (nSPS) is 14.4. The van der Waals surface area contributed by atoms with E-state index in [0.717, 1.165) is 34.2 Å². The molecule has 4 rings (SSSR count). The molecule has 1 aliphatic heterocycles. The van der Waals surface area contributed by atoms with Gasteiger partial charge in [0.15, 0.2) is 5.13 Å². The summed E-state index contributed by atoms with van der Waals surface area (Å²) in [6.07, 6.45) is 0. The quantitative estimate of drug-likeness (QED) is 0.676. The van der Waals surface area contributed by atoms with E-state index in [2.05, 4.69) is 23.2 Å². The topological polar surface area (TPSA) is 57.7 Å². The zero-order valence-corrected chi connectivity index (χ0v) is 17.3. The molecule has 1 fully saturated rings. The van der Waals surface area contributed by atoms with Gasteiger partial charge in [-0.05, 0) is 36.8 Å². The lowest BCUT2D eigenvalue weighted by Crippen LogP contribution is -2.50. The summed E-state index contributed by atoms with van der Waals surface area (Å²) in [6, 6.07) is 11.1. The Labute approximate surface area is 172 Å². The number of anilines is 2. The first-order valence-electron chi connectivity index (χ1n) is 9.06. The summed E-state index contributed by atoms with van der Waals surface area (Å²) < 4.78 is 6.60. The third-order valence-electron chi connectivity index (χ3n) is 4.83. The van der Waals surface area contributed by atoms with E-state index in [-0.39, 0.29) is 6.03 Å². The molecule has 0 spiro atoms. The van der Waals surface area contributed by atoms with Crippen molar-refractivity contribution in [1.29, 1.82) is 0 Å². The average Bonchev–Trinajstić information content (AvgIpc) is 3.15. The van der Waals surface area contributed by atoms with Crippen molar-refractivity contribution in [2.45, 2.75) is 6.92 Å². The van der Waals surface area contributed by atoms with Crippen molar-refractivity contribution in [2.75, 3.05) is 43.5 Å². The van der Waals surface area contributed by atoms with E-state index in [4.69, 9.17) is 21.3 Å². The predicted octanol–water partition coefficient (Wildman–Crippen LogP) is 4.62. The molecule has 8 heteroatoms. The Morgan fingerprint density at radius 3 is 2.71 bits per heavy atom. The number of rotatable bonds is 3. The standard InChI is InChI=1S/C20H21ClN4O2S/c1-13-6-7-16(27-2)17-18(13)28-20(23-17)25-10-8-24(9-11-25)19(26)22-15-5-3-4-14(21)12-15/h3-7,12H,8-11H2,1-2H3,(H,22,26). The third kappa shape index (κ3) is 3.72. The maximum Gasteiger partial charge on any atom is 0.321 e. The van der Waals surface area contributed by atoms with E-state index in [9.17, 15) is 4.79 Å². The maximum atomic E-state index is 12.5. The summed E-state index contributed by atoms with van der Waals surface area (Å²) in [5.74, 6) is 0.794. The van der Waals surface area contributed by atoms with Gasteiger partial charge in [0, 0.05) is 36.9 Å². The summed E-state index contributed by atoms with van der Waals surface area (Å²) in [5.41, 5.74) is 2.80. The van der Waals surface area contributed by atoms with E-state index in [0.29, 0.717) is 23.8 Å². The fourth-order valence-corrected chi connectivity index (χ4v) is 4.56. The Kier molecular flexibility index (Phi) is 5.28. The number of methoxy groups -OCH3 is 1. The summed E-state index contributed by atoms with van der Waals surface area (Å²) in [5, 5.41) is 4.48. The summed E-state index contributed by atoms with van der Waals surface area (Å²) in [7, 11) is 1.67. The van der Waals surface area contributed by atoms with Crippen LogP contribution in [0, 0.1) is 6.92 Å². The minimum atomic E-state index is -0.108. The first kappa shape index (κ1) is 18.8. The van der Waals surface area contributed by atoms with Crippen molar-refractivity contribution in [3.05, 3.63) is 47.0 Å². The molecule has 1 aromatic heterocycles. The van der Waals surface area contributed by atoms with E-state index in [1.54, 1.807) is 30.6 Å². The van der Waals surface area contributed by atoms with Crippen molar-refractivity contribution in [3.8, 4) is 5.75 Å². The predicted molar refractivity (Wildman–Crippen MR) is 115 cm³/mol. The average molecular weight is 417 g/mol. The highest BCUT2D eigenvalue weighted by molar-refractivity contribution is 7.22. The second-order valence-electron chi connectivity index (χ2n) is 6.67. The number of aromatic nitrogens is 1. The molecule has 0 unspecified atom stereocenters. The number of hydrogen-bond acceptors (Lipinski definition) is 5. The third-order valence-corrected chi connectivity index (χ3v) is 6.31. The van der Waals surface area contributed by atoms with Crippen LogP contribution in [0.4, 0.5) is 15.6 Å². The molecule has 2 aromatic carbocycles. The fourth-order valence-electron chi connectivity index (χ4n) is 3.27. The van der Waals surface area contributed by atoms with Gasteiger partial charge in [0.25, 0.3) is 0 Å². The number of halogens is 1. The largest absolute Gasteiger partial charge is 0.494 e. The molecule has 0 saturated carbocycles. The van der Waals surface area contributed by atoms with Gasteiger partial charge in [0.2, 0.25) is 0 Å². The highest BCUT2D eigenvalue weighted by atomic mass is 35.5. The molecule has 1 N–H and O–H groups in total. The van der Waals surface area contributed by atoms with Gasteiger partial charge in [-0.1, -0.05) is 35.1 Å². The lowest BCUT2D eigenvalue weighted by atomic mass is 10.2. The number of aryl methyl sites for hydroxylation is 1. The number of nitrogens with one attached hydrogen (secondary N) is 1. The van der Waals surface area contributed by atoms with Crippen molar-refractivity contribution in [3.63, 3.8) is 0 Å². The summed E-state index contributed by atoms with van der Waals surface area (Å²) in [6.45, 7) is 4.84. The minimum Gasteiger partial charge on any atom is -0.494 e. The number of thiazole rings is 1. The second-order valence-corrected chi connectivity index (χ2v) is 8.09. The van der Waals surface area contributed by atoms with Crippen LogP contribution in [0.25, 0.3) is 10.2 Å². The maximum absolute atomic E-state index is 12.5. The molecule has 1 saturated heterocycles. The molecule has 6 nitrogen and oxygen atoms in total. The number of ether oxygens (including phenoxy) is 1. The molecule has 0 radical (unpaired) electrons. The van der Waals surface area contributed by atoms with Crippen molar-refractivity contribution in [2.24, 2.45) is 0 Å².